The second-order valence-corrected chi connectivity index (χ2v) is 4.74. The van der Waals surface area contributed by atoms with Crippen molar-refractivity contribution >= 4 is 23.1 Å². The minimum atomic E-state index is -0.401. The van der Waals surface area contributed by atoms with Gasteiger partial charge in [-0.3, -0.25) is 15.1 Å². The van der Waals surface area contributed by atoms with E-state index in [-0.39, 0.29) is 5.69 Å². The Morgan fingerprint density at radius 2 is 2.21 bits per heavy atom. The zero-order valence-corrected chi connectivity index (χ0v) is 11.1. The lowest BCUT2D eigenvalue weighted by Gasteiger charge is -2.06. The Balaban J connectivity index is 2.31. The lowest BCUT2D eigenvalue weighted by atomic mass is 10.3. The summed E-state index contributed by atoms with van der Waals surface area (Å²) in [6.07, 6.45) is 4.79. The molecule has 0 aliphatic rings. The van der Waals surface area contributed by atoms with Crippen molar-refractivity contribution in [3.05, 3.63) is 46.9 Å². The van der Waals surface area contributed by atoms with Crippen LogP contribution in [0.3, 0.4) is 0 Å². The number of benzene rings is 1. The van der Waals surface area contributed by atoms with Crippen LogP contribution in [-0.2, 0) is 0 Å². The number of hydrogen-bond donors (Lipinski definition) is 1. The summed E-state index contributed by atoms with van der Waals surface area (Å²) in [6, 6.07) is 4.90. The lowest BCUT2D eigenvalue weighted by molar-refractivity contribution is -0.385. The molecule has 1 heterocycles. The first kappa shape index (κ1) is 13.3. The van der Waals surface area contributed by atoms with Crippen LogP contribution < -0.4 is 5.32 Å². The molecule has 0 amide bonds. The summed E-state index contributed by atoms with van der Waals surface area (Å²) in [5, 5.41) is 14.7. The maximum Gasteiger partial charge on any atom is 0.272 e. The van der Waals surface area contributed by atoms with Gasteiger partial charge in [0.25, 0.3) is 5.69 Å². The molecular formula is C12H12N4O2S. The summed E-state index contributed by atoms with van der Waals surface area (Å²) in [5.74, 6) is 0. The monoisotopic (exact) mass is 276 g/mol. The van der Waals surface area contributed by atoms with Gasteiger partial charge >= 0.3 is 0 Å². The largest absolute Gasteiger partial charge is 0.385 e. The maximum absolute atomic E-state index is 10.9. The molecule has 0 radical (unpaired) electrons. The first-order valence-electron chi connectivity index (χ1n) is 5.66. The topological polar surface area (TPSA) is 81.0 Å². The van der Waals surface area contributed by atoms with Gasteiger partial charge in [-0.25, -0.2) is 4.98 Å². The van der Waals surface area contributed by atoms with Crippen LogP contribution >= 0.6 is 11.8 Å². The van der Waals surface area contributed by atoms with Gasteiger partial charge in [-0.2, -0.15) is 0 Å². The van der Waals surface area contributed by atoms with Crippen molar-refractivity contribution < 1.29 is 4.92 Å². The molecule has 2 rings (SSSR count). The Morgan fingerprint density at radius 1 is 1.37 bits per heavy atom. The SMILES string of the molecule is CCNc1cc(Sc2cnccn2)cc([N+](=O)[O-])c1. The third-order valence-corrected chi connectivity index (χ3v) is 3.14. The summed E-state index contributed by atoms with van der Waals surface area (Å²) >= 11 is 1.34. The minimum Gasteiger partial charge on any atom is -0.385 e. The molecule has 0 aliphatic heterocycles. The highest BCUT2D eigenvalue weighted by molar-refractivity contribution is 7.99. The Kier molecular flexibility index (Phi) is 4.30. The van der Waals surface area contributed by atoms with Crippen molar-refractivity contribution in [3.63, 3.8) is 0 Å². The molecule has 0 saturated carbocycles. The quantitative estimate of drug-likeness (QED) is 0.668. The zero-order valence-electron chi connectivity index (χ0n) is 10.2. The first-order chi connectivity index (χ1) is 9.19. The number of non-ortho nitro benzene ring substituents is 1. The van der Waals surface area contributed by atoms with E-state index in [0.29, 0.717) is 11.6 Å². The summed E-state index contributed by atoms with van der Waals surface area (Å²) < 4.78 is 0. The van der Waals surface area contributed by atoms with Gasteiger partial charge in [-0.15, -0.1) is 0 Å². The summed E-state index contributed by atoms with van der Waals surface area (Å²) in [6.45, 7) is 2.64. The molecule has 1 aromatic heterocycles. The van der Waals surface area contributed by atoms with Gasteiger partial charge in [0.05, 0.1) is 11.1 Å². The Hall–Kier alpha value is -2.15. The lowest BCUT2D eigenvalue weighted by Crippen LogP contribution is -1.98. The van der Waals surface area contributed by atoms with Gasteiger partial charge < -0.3 is 5.32 Å². The molecule has 6 nitrogen and oxygen atoms in total. The summed E-state index contributed by atoms with van der Waals surface area (Å²) in [7, 11) is 0. The van der Waals surface area contributed by atoms with Gasteiger partial charge in [-0.1, -0.05) is 11.8 Å². The Morgan fingerprint density at radius 3 is 2.84 bits per heavy atom. The number of nitro benzene ring substituents is 1. The maximum atomic E-state index is 10.9. The molecule has 1 N–H and O–H groups in total. The minimum absolute atomic E-state index is 0.0600. The number of nitrogens with zero attached hydrogens (tertiary/aromatic N) is 3. The molecule has 19 heavy (non-hydrogen) atoms. The normalized spacial score (nSPS) is 10.2. The van der Waals surface area contributed by atoms with E-state index < -0.39 is 4.92 Å². The van der Waals surface area contributed by atoms with Crippen molar-refractivity contribution in [2.24, 2.45) is 0 Å². The molecule has 0 aliphatic carbocycles. The second kappa shape index (κ2) is 6.14. The highest BCUT2D eigenvalue weighted by Gasteiger charge is 2.10. The average molecular weight is 276 g/mol. The molecule has 98 valence electrons. The van der Waals surface area contributed by atoms with E-state index in [9.17, 15) is 10.1 Å². The predicted octanol–water partition coefficient (Wildman–Crippen LogP) is 2.97. The molecule has 0 saturated heterocycles. The number of aromatic nitrogens is 2. The highest BCUT2D eigenvalue weighted by Crippen LogP contribution is 2.31. The van der Waals surface area contributed by atoms with E-state index in [4.69, 9.17) is 0 Å². The molecule has 7 heteroatoms. The summed E-state index contributed by atoms with van der Waals surface area (Å²) in [4.78, 5) is 19.4. The van der Waals surface area contributed by atoms with E-state index in [1.165, 1.54) is 23.9 Å². The molecule has 0 fully saturated rings. The molecule has 0 spiro atoms. The van der Waals surface area contributed by atoms with Crippen molar-refractivity contribution in [2.45, 2.75) is 16.8 Å². The van der Waals surface area contributed by atoms with Crippen molar-refractivity contribution in [3.8, 4) is 0 Å². The molecular weight excluding hydrogens is 264 g/mol. The third kappa shape index (κ3) is 3.65. The third-order valence-electron chi connectivity index (χ3n) is 2.24. The van der Waals surface area contributed by atoms with Crippen molar-refractivity contribution in [1.82, 2.24) is 9.97 Å². The standard InChI is InChI=1S/C12H12N4O2S/c1-2-14-9-5-10(16(17)18)7-11(6-9)19-12-8-13-3-4-15-12/h3-8,14H,2H2,1H3. The van der Waals surface area contributed by atoms with Crippen LogP contribution in [0.5, 0.6) is 0 Å². The number of nitrogens with one attached hydrogen (secondary N) is 1. The van der Waals surface area contributed by atoms with Gasteiger partial charge in [0.1, 0.15) is 5.03 Å². The van der Waals surface area contributed by atoms with E-state index in [2.05, 4.69) is 15.3 Å². The summed E-state index contributed by atoms with van der Waals surface area (Å²) in [5.41, 5.74) is 0.785. The fraction of sp³-hybridized carbons (Fsp3) is 0.167. The van der Waals surface area contributed by atoms with Crippen LogP contribution in [0.4, 0.5) is 11.4 Å². The smallest absolute Gasteiger partial charge is 0.272 e. The van der Waals surface area contributed by atoms with E-state index in [0.717, 1.165) is 10.6 Å². The molecule has 1 aromatic carbocycles. The zero-order chi connectivity index (χ0) is 13.7. The number of rotatable bonds is 5. The average Bonchev–Trinajstić information content (AvgIpc) is 2.40. The molecule has 0 bridgehead atoms. The first-order valence-corrected chi connectivity index (χ1v) is 6.48. The fourth-order valence-electron chi connectivity index (χ4n) is 1.51. The van der Waals surface area contributed by atoms with Crippen LogP contribution in [0, 0.1) is 10.1 Å². The number of nitro groups is 1. The number of hydrogen-bond acceptors (Lipinski definition) is 6. The Bertz CT molecular complexity index is 577. The van der Waals surface area contributed by atoms with Crippen molar-refractivity contribution in [2.75, 3.05) is 11.9 Å². The molecule has 2 aromatic rings. The van der Waals surface area contributed by atoms with Crippen LogP contribution in [0.25, 0.3) is 0 Å². The molecule has 0 unspecified atom stereocenters. The van der Waals surface area contributed by atoms with E-state index >= 15 is 0 Å². The highest BCUT2D eigenvalue weighted by atomic mass is 32.2. The fourth-order valence-corrected chi connectivity index (χ4v) is 2.35. The molecule has 0 atom stereocenters. The predicted molar refractivity (Wildman–Crippen MR) is 73.4 cm³/mol. The van der Waals surface area contributed by atoms with Gasteiger partial charge in [0, 0.05) is 41.7 Å². The van der Waals surface area contributed by atoms with Crippen LogP contribution in [0.2, 0.25) is 0 Å². The van der Waals surface area contributed by atoms with Crippen LogP contribution in [0.15, 0.2) is 46.7 Å². The van der Waals surface area contributed by atoms with Gasteiger partial charge in [0.2, 0.25) is 0 Å². The second-order valence-electron chi connectivity index (χ2n) is 3.65. The Labute approximate surface area is 114 Å². The van der Waals surface area contributed by atoms with E-state index in [1.54, 1.807) is 18.6 Å². The van der Waals surface area contributed by atoms with Crippen molar-refractivity contribution in [1.29, 1.82) is 0 Å². The number of anilines is 1. The van der Waals surface area contributed by atoms with E-state index in [1.807, 2.05) is 13.0 Å². The van der Waals surface area contributed by atoms with Crippen LogP contribution in [-0.4, -0.2) is 21.4 Å². The van der Waals surface area contributed by atoms with Crippen LogP contribution in [0.1, 0.15) is 6.92 Å². The van der Waals surface area contributed by atoms with Gasteiger partial charge in [-0.05, 0) is 13.0 Å². The van der Waals surface area contributed by atoms with Gasteiger partial charge in [0.15, 0.2) is 0 Å².